The van der Waals surface area contributed by atoms with Gasteiger partial charge < -0.3 is 19.5 Å². The second-order valence-electron chi connectivity index (χ2n) is 14.0. The minimum atomic E-state index is -0.717. The number of aromatic hydroxyl groups is 1. The van der Waals surface area contributed by atoms with Gasteiger partial charge >= 0.3 is 6.01 Å². The monoisotopic (exact) mass is 685 g/mol. The number of benzene rings is 2. The number of thioether (sulfide) groups is 1. The molecule has 2 aliphatic heterocycles. The van der Waals surface area contributed by atoms with Crippen LogP contribution in [0.4, 0.5) is 14.6 Å². The van der Waals surface area contributed by atoms with Gasteiger partial charge in [-0.15, -0.1) is 6.42 Å². The molecule has 2 aliphatic carbocycles. The van der Waals surface area contributed by atoms with Crippen LogP contribution in [-0.4, -0.2) is 88.0 Å². The van der Waals surface area contributed by atoms with E-state index in [-0.39, 0.29) is 39.5 Å². The zero-order valence-corrected chi connectivity index (χ0v) is 28.6. The molecule has 2 aromatic carbocycles. The zero-order valence-electron chi connectivity index (χ0n) is 27.8. The maximum Gasteiger partial charge on any atom is 0.319 e. The van der Waals surface area contributed by atoms with E-state index in [1.54, 1.807) is 6.20 Å². The molecule has 2 unspecified atom stereocenters. The number of halogens is 2. The van der Waals surface area contributed by atoms with Crippen molar-refractivity contribution in [3.63, 3.8) is 0 Å². The number of piperidine rings is 1. The van der Waals surface area contributed by atoms with Gasteiger partial charge in [0, 0.05) is 59.6 Å². The Morgan fingerprint density at radius 1 is 1.10 bits per heavy atom. The summed E-state index contributed by atoms with van der Waals surface area (Å²) in [5, 5.41) is 12.6. The van der Waals surface area contributed by atoms with Crippen LogP contribution in [0, 0.1) is 29.4 Å². The Hall–Kier alpha value is -3.72. The van der Waals surface area contributed by atoms with Crippen LogP contribution in [0.3, 0.4) is 0 Å². The highest BCUT2D eigenvalue weighted by Gasteiger charge is 2.51. The molecule has 2 saturated carbocycles. The first-order valence-corrected chi connectivity index (χ1v) is 18.7. The number of pyridine rings is 1. The third-order valence-electron chi connectivity index (χ3n) is 11.3. The normalized spacial score (nSPS) is 25.9. The summed E-state index contributed by atoms with van der Waals surface area (Å²) in [5.41, 5.74) is 0.127. The molecule has 8 rings (SSSR count). The van der Waals surface area contributed by atoms with Crippen molar-refractivity contribution in [3.05, 3.63) is 47.7 Å². The van der Waals surface area contributed by atoms with Gasteiger partial charge in [-0.05, 0) is 81.3 Å². The number of hydrogen-bond acceptors (Lipinski definition) is 9. The zero-order chi connectivity index (χ0) is 33.7. The third kappa shape index (κ3) is 5.75. The number of fused-ring (bicyclic) bond motifs is 3. The van der Waals surface area contributed by atoms with Gasteiger partial charge in [-0.2, -0.15) is 21.7 Å². The second-order valence-corrected chi connectivity index (χ2v) is 15.1. The van der Waals surface area contributed by atoms with Crippen LogP contribution >= 0.6 is 11.8 Å². The van der Waals surface area contributed by atoms with Crippen LogP contribution in [0.2, 0.25) is 0 Å². The lowest BCUT2D eigenvalue weighted by Gasteiger charge is -2.53. The number of aromatic nitrogens is 3. The number of terminal acetylenes is 1. The first kappa shape index (κ1) is 32.5. The first-order valence-electron chi connectivity index (χ1n) is 17.4. The molecule has 4 heterocycles. The van der Waals surface area contributed by atoms with E-state index in [0.29, 0.717) is 67.0 Å². The van der Waals surface area contributed by atoms with Gasteiger partial charge in [0.05, 0.1) is 24.2 Å². The molecule has 11 heteroatoms. The van der Waals surface area contributed by atoms with Crippen molar-refractivity contribution in [2.75, 3.05) is 50.6 Å². The molecule has 4 aromatic rings. The molecule has 256 valence electrons. The summed E-state index contributed by atoms with van der Waals surface area (Å²) < 4.78 is 44.1. The molecule has 0 amide bonds. The standard InChI is InChI=1S/C38H41F2N5O3S/c1-3-27-30(39)9-8-23-17-25(46)20-28(32(23)27)34-33(40)35-29(21-41-34)36(44-12-6-15-47-16-14-44)43-37(42-35)48-22-38-10-4-7-31(38)45(13-5-11-38)24-18-26(19-24)49-2/h1,8-9,17,20-21,24,26,31,46H,4-7,10-16,18-19,22H2,2H3. The number of phenols is 1. The molecule has 0 spiro atoms. The minimum Gasteiger partial charge on any atom is -0.508 e. The van der Waals surface area contributed by atoms with E-state index < -0.39 is 11.6 Å². The highest BCUT2D eigenvalue weighted by atomic mass is 32.2. The summed E-state index contributed by atoms with van der Waals surface area (Å²) in [6.07, 6.45) is 18.5. The van der Waals surface area contributed by atoms with Gasteiger partial charge in [-0.25, -0.2) is 8.78 Å². The lowest BCUT2D eigenvalue weighted by atomic mass is 9.73. The summed E-state index contributed by atoms with van der Waals surface area (Å²) in [5.74, 6) is 1.50. The number of nitrogens with zero attached hydrogens (tertiary/aromatic N) is 5. The Morgan fingerprint density at radius 2 is 1.96 bits per heavy atom. The van der Waals surface area contributed by atoms with Crippen LogP contribution in [0.15, 0.2) is 30.5 Å². The SMILES string of the molecule is C#Cc1c(F)ccc2cc(O)cc(-c3ncc4c(N5CCCOCC5)nc(OCC56CCCC5N(C5CC(SC)C5)CCC6)nc4c3F)c12. The fraction of sp³-hybridized carbons (Fsp3) is 0.500. The van der Waals surface area contributed by atoms with Crippen LogP contribution in [-0.2, 0) is 4.74 Å². The lowest BCUT2D eigenvalue weighted by molar-refractivity contribution is -0.0385. The van der Waals surface area contributed by atoms with Gasteiger partial charge in [0.1, 0.15) is 28.6 Å². The average molecular weight is 686 g/mol. The minimum absolute atomic E-state index is 0.00967. The van der Waals surface area contributed by atoms with E-state index in [9.17, 15) is 9.50 Å². The molecule has 2 atom stereocenters. The predicted octanol–water partition coefficient (Wildman–Crippen LogP) is 6.94. The van der Waals surface area contributed by atoms with Gasteiger partial charge in [0.25, 0.3) is 0 Å². The lowest BCUT2D eigenvalue weighted by Crippen LogP contribution is -2.58. The molecule has 2 saturated heterocycles. The smallest absolute Gasteiger partial charge is 0.319 e. The van der Waals surface area contributed by atoms with Crippen molar-refractivity contribution in [1.29, 1.82) is 0 Å². The van der Waals surface area contributed by atoms with Crippen LogP contribution < -0.4 is 9.64 Å². The molecule has 4 aliphatic rings. The topological polar surface area (TPSA) is 83.8 Å². The average Bonchev–Trinajstić information content (AvgIpc) is 3.34. The molecule has 4 fully saturated rings. The van der Waals surface area contributed by atoms with Crippen LogP contribution in [0.1, 0.15) is 56.9 Å². The molecule has 8 nitrogen and oxygen atoms in total. The number of anilines is 1. The van der Waals surface area contributed by atoms with Gasteiger partial charge in [-0.1, -0.05) is 18.4 Å². The fourth-order valence-corrected chi connectivity index (χ4v) is 9.64. The van der Waals surface area contributed by atoms with Crippen molar-refractivity contribution in [2.45, 2.75) is 68.7 Å². The first-order chi connectivity index (χ1) is 23.9. The van der Waals surface area contributed by atoms with E-state index in [1.807, 2.05) is 11.8 Å². The third-order valence-corrected chi connectivity index (χ3v) is 12.4. The fourth-order valence-electron chi connectivity index (χ4n) is 8.81. The predicted molar refractivity (Wildman–Crippen MR) is 189 cm³/mol. The van der Waals surface area contributed by atoms with Gasteiger partial charge in [0.2, 0.25) is 0 Å². The molecular formula is C38H41F2N5O3S. The van der Waals surface area contributed by atoms with E-state index >= 15 is 4.39 Å². The number of likely N-dealkylation sites (tertiary alicyclic amines) is 1. The summed E-state index contributed by atoms with van der Waals surface area (Å²) in [7, 11) is 0. The summed E-state index contributed by atoms with van der Waals surface area (Å²) in [6, 6.07) is 6.83. The Balaban J connectivity index is 1.20. The van der Waals surface area contributed by atoms with Crippen LogP contribution in [0.5, 0.6) is 11.8 Å². The maximum absolute atomic E-state index is 16.9. The summed E-state index contributed by atoms with van der Waals surface area (Å²) in [4.78, 5) is 19.0. The molecule has 0 radical (unpaired) electrons. The Morgan fingerprint density at radius 3 is 2.80 bits per heavy atom. The highest BCUT2D eigenvalue weighted by Crippen LogP contribution is 2.51. The molecule has 49 heavy (non-hydrogen) atoms. The summed E-state index contributed by atoms with van der Waals surface area (Å²) in [6.45, 7) is 4.03. The van der Waals surface area contributed by atoms with E-state index in [2.05, 4.69) is 27.0 Å². The van der Waals surface area contributed by atoms with E-state index in [4.69, 9.17) is 25.9 Å². The molecule has 2 aromatic heterocycles. The number of rotatable bonds is 7. The summed E-state index contributed by atoms with van der Waals surface area (Å²) >= 11 is 1.98. The van der Waals surface area contributed by atoms with Crippen molar-refractivity contribution in [1.82, 2.24) is 19.9 Å². The number of phenolic OH excluding ortho intramolecular Hbond substituents is 1. The Kier molecular flexibility index (Phi) is 8.75. The molecular weight excluding hydrogens is 645 g/mol. The largest absolute Gasteiger partial charge is 0.508 e. The van der Waals surface area contributed by atoms with Crippen molar-refractivity contribution >= 4 is 39.3 Å². The van der Waals surface area contributed by atoms with Crippen molar-refractivity contribution in [3.8, 4) is 35.4 Å². The highest BCUT2D eigenvalue weighted by molar-refractivity contribution is 7.99. The van der Waals surface area contributed by atoms with Crippen LogP contribution in [0.25, 0.3) is 32.9 Å². The van der Waals surface area contributed by atoms with E-state index in [1.165, 1.54) is 49.9 Å². The molecule has 1 N–H and O–H groups in total. The quantitative estimate of drug-likeness (QED) is 0.208. The Bertz CT molecular complexity index is 1940. The number of hydrogen-bond donors (Lipinski definition) is 1. The van der Waals surface area contributed by atoms with Gasteiger partial charge in [0.15, 0.2) is 5.82 Å². The van der Waals surface area contributed by atoms with Crippen molar-refractivity contribution < 1.29 is 23.4 Å². The number of ether oxygens (including phenoxy) is 2. The van der Waals surface area contributed by atoms with Crippen molar-refractivity contribution in [2.24, 2.45) is 5.41 Å². The maximum atomic E-state index is 16.9. The second kappa shape index (κ2) is 13.2. The van der Waals surface area contributed by atoms with Gasteiger partial charge in [-0.3, -0.25) is 9.88 Å². The molecule has 0 bridgehead atoms. The Labute approximate surface area is 289 Å². The van der Waals surface area contributed by atoms with E-state index in [0.717, 1.165) is 37.5 Å².